The lowest BCUT2D eigenvalue weighted by molar-refractivity contribution is -0.913. The molecule has 2 aromatic rings. The van der Waals surface area contributed by atoms with Crippen LogP contribution in [-0.4, -0.2) is 30.7 Å². The number of hydrogen-bond acceptors (Lipinski definition) is 0. The van der Waals surface area contributed by atoms with Crippen molar-refractivity contribution in [2.45, 2.75) is 13.8 Å². The third kappa shape index (κ3) is 6.35. The summed E-state index contributed by atoms with van der Waals surface area (Å²) in [7, 11) is 0. The van der Waals surface area contributed by atoms with Crippen molar-refractivity contribution in [3.8, 4) is 0 Å². The molecule has 0 heterocycles. The van der Waals surface area contributed by atoms with Crippen LogP contribution in [0.5, 0.6) is 0 Å². The third-order valence-electron chi connectivity index (χ3n) is 4.55. The maximum atomic E-state index is 2.32. The highest BCUT2D eigenvalue weighted by atomic mass is 35.5. The molecule has 0 aliphatic heterocycles. The van der Waals surface area contributed by atoms with Crippen molar-refractivity contribution in [3.63, 3.8) is 0 Å². The zero-order valence-electron chi connectivity index (χ0n) is 14.7. The Balaban J connectivity index is 0.00000288. The minimum atomic E-state index is 0. The van der Waals surface area contributed by atoms with Gasteiger partial charge in [0.2, 0.25) is 0 Å². The van der Waals surface area contributed by atoms with E-state index in [0.29, 0.717) is 0 Å². The van der Waals surface area contributed by atoms with E-state index in [2.05, 4.69) is 98.8 Å². The number of rotatable bonds is 8. The van der Waals surface area contributed by atoms with Crippen LogP contribution in [0.1, 0.15) is 25.0 Å². The first kappa shape index (κ1) is 20.2. The van der Waals surface area contributed by atoms with Crippen LogP contribution in [0.25, 0.3) is 12.2 Å². The second kappa shape index (κ2) is 10.9. The summed E-state index contributed by atoms with van der Waals surface area (Å²) in [6, 6.07) is 21.1. The Labute approximate surface area is 153 Å². The van der Waals surface area contributed by atoms with Crippen LogP contribution >= 0.6 is 0 Å². The molecular formula is C22H28ClN. The van der Waals surface area contributed by atoms with Gasteiger partial charge in [-0.15, -0.1) is 0 Å². The third-order valence-corrected chi connectivity index (χ3v) is 4.55. The van der Waals surface area contributed by atoms with Gasteiger partial charge >= 0.3 is 0 Å². The highest BCUT2D eigenvalue weighted by Crippen LogP contribution is 2.10. The highest BCUT2D eigenvalue weighted by Gasteiger charge is 2.19. The number of halogens is 1. The zero-order chi connectivity index (χ0) is 16.4. The lowest BCUT2D eigenvalue weighted by Crippen LogP contribution is -3.00. The topological polar surface area (TPSA) is 0 Å². The summed E-state index contributed by atoms with van der Waals surface area (Å²) >= 11 is 0. The van der Waals surface area contributed by atoms with Gasteiger partial charge in [-0.25, -0.2) is 0 Å². The summed E-state index contributed by atoms with van der Waals surface area (Å²) in [6.45, 7) is 9.01. The molecule has 128 valence electrons. The van der Waals surface area contributed by atoms with Crippen molar-refractivity contribution in [2.75, 3.05) is 26.2 Å². The van der Waals surface area contributed by atoms with Gasteiger partial charge in [0.05, 0.1) is 26.2 Å². The molecule has 0 atom stereocenters. The summed E-state index contributed by atoms with van der Waals surface area (Å²) in [6.07, 6.45) is 9.11. The maximum Gasteiger partial charge on any atom is 0.0979 e. The zero-order valence-corrected chi connectivity index (χ0v) is 15.5. The quantitative estimate of drug-likeness (QED) is 0.646. The maximum absolute atomic E-state index is 2.32. The Kier molecular flexibility index (Phi) is 9.14. The minimum Gasteiger partial charge on any atom is -1.00 e. The van der Waals surface area contributed by atoms with E-state index in [4.69, 9.17) is 0 Å². The second-order valence-electron chi connectivity index (χ2n) is 5.97. The predicted molar refractivity (Wildman–Crippen MR) is 102 cm³/mol. The molecule has 0 spiro atoms. The van der Waals surface area contributed by atoms with E-state index in [1.165, 1.54) is 11.1 Å². The standard InChI is InChI=1S/C22H28N.ClH/c1-3-23(4-2,19-11-17-21-13-7-5-8-14-21)20-12-18-22-15-9-6-10-16-22;/h5-18H,3-4,19-20H2,1-2H3;1H/q+1;/p-1. The molecule has 0 amide bonds. The van der Waals surface area contributed by atoms with Crippen LogP contribution in [0.2, 0.25) is 0 Å². The summed E-state index contributed by atoms with van der Waals surface area (Å²) in [4.78, 5) is 0. The van der Waals surface area contributed by atoms with Crippen molar-refractivity contribution in [3.05, 3.63) is 83.9 Å². The van der Waals surface area contributed by atoms with E-state index in [-0.39, 0.29) is 12.4 Å². The Bertz CT molecular complexity index is 559. The first-order chi connectivity index (χ1) is 11.3. The molecule has 0 bridgehead atoms. The van der Waals surface area contributed by atoms with Crippen LogP contribution in [0.3, 0.4) is 0 Å². The number of nitrogens with zero attached hydrogens (tertiary/aromatic N) is 1. The van der Waals surface area contributed by atoms with E-state index in [9.17, 15) is 0 Å². The molecule has 0 saturated heterocycles. The summed E-state index contributed by atoms with van der Waals surface area (Å²) < 4.78 is 1.09. The van der Waals surface area contributed by atoms with Crippen LogP contribution in [0.4, 0.5) is 0 Å². The Morgan fingerprint density at radius 2 is 1.04 bits per heavy atom. The van der Waals surface area contributed by atoms with Gasteiger partial charge in [0.1, 0.15) is 0 Å². The van der Waals surface area contributed by atoms with Crippen LogP contribution in [-0.2, 0) is 0 Å². The molecule has 0 aromatic heterocycles. The smallest absolute Gasteiger partial charge is 0.0979 e. The van der Waals surface area contributed by atoms with Gasteiger partial charge in [0.25, 0.3) is 0 Å². The molecule has 0 aliphatic rings. The summed E-state index contributed by atoms with van der Waals surface area (Å²) in [5.41, 5.74) is 2.55. The van der Waals surface area contributed by atoms with E-state index < -0.39 is 0 Å². The molecule has 0 radical (unpaired) electrons. The van der Waals surface area contributed by atoms with Crippen molar-refractivity contribution >= 4 is 12.2 Å². The first-order valence-electron chi connectivity index (χ1n) is 8.56. The minimum absolute atomic E-state index is 0. The van der Waals surface area contributed by atoms with Gasteiger partial charge in [-0.1, -0.05) is 72.8 Å². The fourth-order valence-electron chi connectivity index (χ4n) is 2.77. The van der Waals surface area contributed by atoms with Gasteiger partial charge < -0.3 is 16.9 Å². The molecule has 0 unspecified atom stereocenters. The molecule has 0 fully saturated rings. The Hall–Kier alpha value is -1.83. The van der Waals surface area contributed by atoms with E-state index in [1.54, 1.807) is 0 Å². The normalized spacial score (nSPS) is 11.8. The number of benzene rings is 2. The number of quaternary nitrogens is 1. The SMILES string of the molecule is CC[N+](CC)(CC=Cc1ccccc1)CC=Cc1ccccc1.[Cl-]. The molecule has 2 rings (SSSR count). The largest absolute Gasteiger partial charge is 1.00 e. The average molecular weight is 342 g/mol. The molecule has 0 aliphatic carbocycles. The van der Waals surface area contributed by atoms with Gasteiger partial charge in [0.15, 0.2) is 0 Å². The molecule has 1 nitrogen and oxygen atoms in total. The molecule has 0 N–H and O–H groups in total. The predicted octanol–water partition coefficient (Wildman–Crippen LogP) is 2.27. The average Bonchev–Trinajstić information content (AvgIpc) is 2.62. The van der Waals surface area contributed by atoms with E-state index in [1.807, 2.05) is 0 Å². The van der Waals surface area contributed by atoms with Crippen LogP contribution in [0.15, 0.2) is 72.8 Å². The van der Waals surface area contributed by atoms with Gasteiger partial charge in [-0.05, 0) is 37.1 Å². The van der Waals surface area contributed by atoms with E-state index >= 15 is 0 Å². The van der Waals surface area contributed by atoms with Crippen LogP contribution in [0, 0.1) is 0 Å². The van der Waals surface area contributed by atoms with E-state index in [0.717, 1.165) is 30.7 Å². The Morgan fingerprint density at radius 1 is 0.667 bits per heavy atom. The lowest BCUT2D eigenvalue weighted by atomic mass is 10.2. The fraction of sp³-hybridized carbons (Fsp3) is 0.273. The molecule has 24 heavy (non-hydrogen) atoms. The number of likely N-dealkylation sites (N-methyl/N-ethyl adjacent to an activating group) is 1. The van der Waals surface area contributed by atoms with Gasteiger partial charge in [0, 0.05) is 0 Å². The van der Waals surface area contributed by atoms with Gasteiger partial charge in [-0.2, -0.15) is 0 Å². The van der Waals surface area contributed by atoms with Crippen molar-refractivity contribution in [2.24, 2.45) is 0 Å². The summed E-state index contributed by atoms with van der Waals surface area (Å²) in [5.74, 6) is 0. The lowest BCUT2D eigenvalue weighted by Gasteiger charge is -2.35. The molecule has 0 saturated carbocycles. The summed E-state index contributed by atoms with van der Waals surface area (Å²) in [5, 5.41) is 0. The van der Waals surface area contributed by atoms with Crippen molar-refractivity contribution < 1.29 is 16.9 Å². The van der Waals surface area contributed by atoms with Crippen molar-refractivity contribution in [1.82, 2.24) is 0 Å². The Morgan fingerprint density at radius 3 is 1.38 bits per heavy atom. The highest BCUT2D eigenvalue weighted by molar-refractivity contribution is 5.49. The first-order valence-corrected chi connectivity index (χ1v) is 8.56. The number of hydrogen-bond donors (Lipinski definition) is 0. The van der Waals surface area contributed by atoms with Crippen molar-refractivity contribution in [1.29, 1.82) is 0 Å². The second-order valence-corrected chi connectivity index (χ2v) is 5.97. The molecule has 2 heteroatoms. The monoisotopic (exact) mass is 341 g/mol. The van der Waals surface area contributed by atoms with Crippen LogP contribution < -0.4 is 12.4 Å². The molecular weight excluding hydrogens is 314 g/mol. The van der Waals surface area contributed by atoms with Gasteiger partial charge in [-0.3, -0.25) is 0 Å². The fourth-order valence-corrected chi connectivity index (χ4v) is 2.77. The molecule has 2 aromatic carbocycles.